The van der Waals surface area contributed by atoms with Gasteiger partial charge in [0.05, 0.1) is 29.3 Å². The van der Waals surface area contributed by atoms with E-state index in [1.54, 1.807) is 23.0 Å². The lowest BCUT2D eigenvalue weighted by Gasteiger charge is -2.11. The van der Waals surface area contributed by atoms with Crippen LogP contribution in [-0.4, -0.2) is 29.6 Å². The van der Waals surface area contributed by atoms with Crippen LogP contribution in [0.25, 0.3) is 27.7 Å². The van der Waals surface area contributed by atoms with Crippen molar-refractivity contribution in [2.24, 2.45) is 0 Å². The lowest BCUT2D eigenvalue weighted by atomic mass is 10.0. The van der Waals surface area contributed by atoms with E-state index < -0.39 is 21.6 Å². The van der Waals surface area contributed by atoms with Crippen LogP contribution in [0, 0.1) is 5.82 Å². The minimum Gasteiger partial charge on any atom is -0.505 e. The smallest absolute Gasteiger partial charge is 0.229 e. The molecule has 0 saturated carbocycles. The summed E-state index contributed by atoms with van der Waals surface area (Å²) < 4.78 is 40.7. The van der Waals surface area contributed by atoms with Crippen molar-refractivity contribution in [3.63, 3.8) is 0 Å². The summed E-state index contributed by atoms with van der Waals surface area (Å²) in [5.74, 6) is -1.14. The first kappa shape index (κ1) is 18.0. The lowest BCUT2D eigenvalue weighted by molar-refractivity contribution is 0.432. The van der Waals surface area contributed by atoms with Gasteiger partial charge in [0.15, 0.2) is 11.6 Å². The third-order valence-electron chi connectivity index (χ3n) is 4.28. The van der Waals surface area contributed by atoms with Crippen LogP contribution in [0.15, 0.2) is 66.9 Å². The molecule has 0 amide bonds. The molecule has 0 aliphatic carbocycles. The molecule has 0 aliphatic rings. The summed E-state index contributed by atoms with van der Waals surface area (Å²) in [5, 5.41) is 14.8. The zero-order valence-corrected chi connectivity index (χ0v) is 15.6. The van der Waals surface area contributed by atoms with Gasteiger partial charge in [-0.25, -0.2) is 17.5 Å². The van der Waals surface area contributed by atoms with Crippen LogP contribution >= 0.6 is 0 Å². The molecular formula is C20H16FN3O3S. The summed E-state index contributed by atoms with van der Waals surface area (Å²) in [6, 6.07) is 16.7. The largest absolute Gasteiger partial charge is 0.505 e. The molecule has 8 heteroatoms. The molecule has 0 atom stereocenters. The fourth-order valence-electron chi connectivity index (χ4n) is 3.06. The fraction of sp³-hybridized carbons (Fsp3) is 0.0500. The standard InChI is InChI=1S/C20H16FN3O3S/c1-28(26,27)23-18-5-3-2-4-16(18)13-6-9-19-14(10-13)12-22-24(19)15-7-8-17(21)20(25)11-15/h2-12,23,25H,1H3. The average Bonchev–Trinajstić information content (AvgIpc) is 3.06. The Balaban J connectivity index is 1.80. The van der Waals surface area contributed by atoms with E-state index in [1.165, 1.54) is 18.2 Å². The normalized spacial score (nSPS) is 11.6. The second-order valence-electron chi connectivity index (χ2n) is 6.39. The molecule has 0 saturated heterocycles. The molecule has 3 aromatic carbocycles. The molecule has 0 fully saturated rings. The van der Waals surface area contributed by atoms with E-state index in [0.717, 1.165) is 28.3 Å². The quantitative estimate of drug-likeness (QED) is 0.547. The minimum absolute atomic E-state index is 0.446. The lowest BCUT2D eigenvalue weighted by Crippen LogP contribution is -2.10. The van der Waals surface area contributed by atoms with Gasteiger partial charge >= 0.3 is 0 Å². The van der Waals surface area contributed by atoms with E-state index in [1.807, 2.05) is 30.3 Å². The number of hydrogen-bond donors (Lipinski definition) is 2. The van der Waals surface area contributed by atoms with Crippen LogP contribution in [0.2, 0.25) is 0 Å². The maximum Gasteiger partial charge on any atom is 0.229 e. The number of halogens is 1. The Kier molecular flexibility index (Phi) is 4.27. The van der Waals surface area contributed by atoms with Gasteiger partial charge in [-0.1, -0.05) is 24.3 Å². The first-order valence-electron chi connectivity index (χ1n) is 8.36. The topological polar surface area (TPSA) is 84.2 Å². The second kappa shape index (κ2) is 6.65. The highest BCUT2D eigenvalue weighted by atomic mass is 32.2. The van der Waals surface area contributed by atoms with Crippen molar-refractivity contribution in [2.45, 2.75) is 0 Å². The maximum absolute atomic E-state index is 13.3. The van der Waals surface area contributed by atoms with E-state index in [2.05, 4.69) is 9.82 Å². The van der Waals surface area contributed by atoms with Crippen LogP contribution in [0.5, 0.6) is 5.75 Å². The van der Waals surface area contributed by atoms with Crippen molar-refractivity contribution in [1.82, 2.24) is 9.78 Å². The number of phenols is 1. The van der Waals surface area contributed by atoms with Crippen molar-refractivity contribution in [3.8, 4) is 22.6 Å². The van der Waals surface area contributed by atoms with Crippen LogP contribution in [0.3, 0.4) is 0 Å². The van der Waals surface area contributed by atoms with Gasteiger partial charge in [0.2, 0.25) is 10.0 Å². The SMILES string of the molecule is CS(=O)(=O)Nc1ccccc1-c1ccc2c(cnn2-c2ccc(F)c(O)c2)c1. The van der Waals surface area contributed by atoms with Crippen molar-refractivity contribution < 1.29 is 17.9 Å². The summed E-state index contributed by atoms with van der Waals surface area (Å²) in [4.78, 5) is 0. The van der Waals surface area contributed by atoms with Gasteiger partial charge in [-0.3, -0.25) is 4.72 Å². The number of aromatic hydroxyl groups is 1. The molecule has 142 valence electrons. The molecule has 6 nitrogen and oxygen atoms in total. The first-order chi connectivity index (χ1) is 13.3. The van der Waals surface area contributed by atoms with Crippen LogP contribution < -0.4 is 4.72 Å². The Bertz CT molecular complexity index is 1300. The van der Waals surface area contributed by atoms with E-state index in [9.17, 15) is 17.9 Å². The fourth-order valence-corrected chi connectivity index (χ4v) is 3.64. The number of phenolic OH excluding ortho intramolecular Hbond substituents is 1. The first-order valence-corrected chi connectivity index (χ1v) is 10.2. The van der Waals surface area contributed by atoms with E-state index in [-0.39, 0.29) is 0 Å². The van der Waals surface area contributed by atoms with Crippen molar-refractivity contribution in [3.05, 3.63) is 72.7 Å². The Morgan fingerprint density at radius 3 is 2.61 bits per heavy atom. The van der Waals surface area contributed by atoms with Gasteiger partial charge in [0, 0.05) is 17.0 Å². The molecule has 4 rings (SSSR count). The Morgan fingerprint density at radius 2 is 1.86 bits per heavy atom. The van der Waals surface area contributed by atoms with Gasteiger partial charge in [-0.15, -0.1) is 0 Å². The number of aromatic nitrogens is 2. The zero-order valence-electron chi connectivity index (χ0n) is 14.8. The summed E-state index contributed by atoms with van der Waals surface area (Å²) in [5.41, 5.74) is 3.34. The number of rotatable bonds is 4. The average molecular weight is 397 g/mol. The number of nitrogens with one attached hydrogen (secondary N) is 1. The number of benzene rings is 3. The molecule has 1 aromatic heterocycles. The van der Waals surface area contributed by atoms with Gasteiger partial charge in [-0.2, -0.15) is 5.10 Å². The number of sulfonamides is 1. The Labute approximate surface area is 160 Å². The van der Waals surface area contributed by atoms with E-state index >= 15 is 0 Å². The zero-order chi connectivity index (χ0) is 19.9. The third kappa shape index (κ3) is 3.41. The van der Waals surface area contributed by atoms with Gasteiger partial charge < -0.3 is 5.11 Å². The monoisotopic (exact) mass is 397 g/mol. The summed E-state index contributed by atoms with van der Waals surface area (Å²) in [6.45, 7) is 0. The van der Waals surface area contributed by atoms with Gasteiger partial charge in [-0.05, 0) is 35.9 Å². The number of nitrogens with zero attached hydrogens (tertiary/aromatic N) is 2. The molecule has 4 aromatic rings. The van der Waals surface area contributed by atoms with Gasteiger partial charge in [0.25, 0.3) is 0 Å². The van der Waals surface area contributed by atoms with Crippen molar-refractivity contribution in [2.75, 3.05) is 11.0 Å². The van der Waals surface area contributed by atoms with Crippen molar-refractivity contribution in [1.29, 1.82) is 0 Å². The van der Waals surface area contributed by atoms with E-state index in [4.69, 9.17) is 0 Å². The third-order valence-corrected chi connectivity index (χ3v) is 4.87. The summed E-state index contributed by atoms with van der Waals surface area (Å²) >= 11 is 0. The highest BCUT2D eigenvalue weighted by Crippen LogP contribution is 2.31. The summed E-state index contributed by atoms with van der Waals surface area (Å²) in [7, 11) is -3.41. The van der Waals surface area contributed by atoms with Crippen LogP contribution in [-0.2, 0) is 10.0 Å². The molecule has 28 heavy (non-hydrogen) atoms. The highest BCUT2D eigenvalue weighted by molar-refractivity contribution is 7.92. The predicted octanol–water partition coefficient (Wildman–Crippen LogP) is 3.91. The number of para-hydroxylation sites is 1. The molecule has 0 radical (unpaired) electrons. The molecule has 0 unspecified atom stereocenters. The Hall–Kier alpha value is -3.39. The van der Waals surface area contributed by atoms with Gasteiger partial charge in [0.1, 0.15) is 0 Å². The maximum atomic E-state index is 13.3. The second-order valence-corrected chi connectivity index (χ2v) is 8.13. The predicted molar refractivity (Wildman–Crippen MR) is 107 cm³/mol. The number of hydrogen-bond acceptors (Lipinski definition) is 4. The molecule has 0 aliphatic heterocycles. The molecule has 1 heterocycles. The summed E-state index contributed by atoms with van der Waals surface area (Å²) in [6.07, 6.45) is 2.76. The van der Waals surface area contributed by atoms with Crippen LogP contribution in [0.4, 0.5) is 10.1 Å². The van der Waals surface area contributed by atoms with Crippen LogP contribution in [0.1, 0.15) is 0 Å². The number of anilines is 1. The highest BCUT2D eigenvalue weighted by Gasteiger charge is 2.12. The number of fused-ring (bicyclic) bond motifs is 1. The molecular weight excluding hydrogens is 381 g/mol. The molecule has 0 spiro atoms. The molecule has 0 bridgehead atoms. The van der Waals surface area contributed by atoms with E-state index in [0.29, 0.717) is 11.4 Å². The Morgan fingerprint density at radius 1 is 1.07 bits per heavy atom. The minimum atomic E-state index is -3.41. The molecule has 2 N–H and O–H groups in total. The van der Waals surface area contributed by atoms with Crippen molar-refractivity contribution >= 4 is 26.6 Å².